The number of carbonyl (C=O) groups excluding carboxylic acids is 1. The molecule has 78 valence electrons. The van der Waals surface area contributed by atoms with Gasteiger partial charge in [0, 0.05) is 7.05 Å². The maximum Gasteiger partial charge on any atom is 0.240 e. The average Bonchev–Trinajstić information content (AvgIpc) is 2.16. The molecule has 0 saturated heterocycles. The Bertz CT molecular complexity index is 151. The van der Waals surface area contributed by atoms with E-state index in [4.69, 9.17) is 0 Å². The van der Waals surface area contributed by atoms with Gasteiger partial charge < -0.3 is 10.6 Å². The van der Waals surface area contributed by atoms with Gasteiger partial charge in [0.15, 0.2) is 0 Å². The lowest BCUT2D eigenvalue weighted by Crippen LogP contribution is -2.55. The predicted molar refractivity (Wildman–Crippen MR) is 55.7 cm³/mol. The molecule has 0 aliphatic rings. The van der Waals surface area contributed by atoms with E-state index in [-0.39, 0.29) is 11.4 Å². The van der Waals surface area contributed by atoms with Crippen molar-refractivity contribution in [2.45, 2.75) is 45.6 Å². The summed E-state index contributed by atoms with van der Waals surface area (Å²) in [6.45, 7) is 7.02. The highest BCUT2D eigenvalue weighted by molar-refractivity contribution is 5.85. The second kappa shape index (κ2) is 5.97. The minimum Gasteiger partial charge on any atom is -0.358 e. The van der Waals surface area contributed by atoms with Crippen LogP contribution in [0.1, 0.15) is 40.0 Å². The molecule has 0 fully saturated rings. The maximum absolute atomic E-state index is 11.7. The van der Waals surface area contributed by atoms with Gasteiger partial charge in [-0.15, -0.1) is 0 Å². The van der Waals surface area contributed by atoms with Gasteiger partial charge in [-0.05, 0) is 19.4 Å². The second-order valence-electron chi connectivity index (χ2n) is 3.30. The average molecular weight is 186 g/mol. The predicted octanol–water partition coefficient (Wildman–Crippen LogP) is 1.29. The monoisotopic (exact) mass is 186 g/mol. The number of carbonyl (C=O) groups is 1. The molecule has 0 saturated carbocycles. The third kappa shape index (κ3) is 2.99. The minimum absolute atomic E-state index is 0.110. The Labute approximate surface area is 81.3 Å². The molecule has 0 rings (SSSR count). The van der Waals surface area contributed by atoms with Crippen LogP contribution in [0.25, 0.3) is 0 Å². The molecule has 0 heterocycles. The Balaban J connectivity index is 4.52. The van der Waals surface area contributed by atoms with Gasteiger partial charge in [0.1, 0.15) is 0 Å². The van der Waals surface area contributed by atoms with E-state index < -0.39 is 0 Å². The minimum atomic E-state index is -0.349. The third-order valence-electron chi connectivity index (χ3n) is 2.46. The summed E-state index contributed by atoms with van der Waals surface area (Å²) in [5, 5.41) is 6.01. The van der Waals surface area contributed by atoms with Gasteiger partial charge in [-0.25, -0.2) is 0 Å². The summed E-state index contributed by atoms with van der Waals surface area (Å²) in [6.07, 6.45) is 2.76. The molecule has 0 aromatic heterocycles. The van der Waals surface area contributed by atoms with Crippen molar-refractivity contribution >= 4 is 5.91 Å². The lowest BCUT2D eigenvalue weighted by Gasteiger charge is -2.31. The van der Waals surface area contributed by atoms with Crippen molar-refractivity contribution in [2.75, 3.05) is 13.6 Å². The van der Waals surface area contributed by atoms with Crippen LogP contribution >= 0.6 is 0 Å². The SMILES string of the molecule is CCCC(CC)(NCC)C(=O)NC. The zero-order valence-electron chi connectivity index (χ0n) is 9.24. The summed E-state index contributed by atoms with van der Waals surface area (Å²) in [6, 6.07) is 0. The summed E-state index contributed by atoms with van der Waals surface area (Å²) in [5.74, 6) is 0.110. The van der Waals surface area contributed by atoms with Crippen LogP contribution in [0.3, 0.4) is 0 Å². The molecule has 0 bridgehead atoms. The van der Waals surface area contributed by atoms with Gasteiger partial charge in [-0.2, -0.15) is 0 Å². The van der Waals surface area contributed by atoms with E-state index in [1.54, 1.807) is 7.05 Å². The summed E-state index contributed by atoms with van der Waals surface area (Å²) in [4.78, 5) is 11.7. The van der Waals surface area contributed by atoms with Crippen LogP contribution in [-0.4, -0.2) is 25.0 Å². The van der Waals surface area contributed by atoms with Crippen LogP contribution in [-0.2, 0) is 4.79 Å². The molecule has 0 aliphatic heterocycles. The van der Waals surface area contributed by atoms with Crippen molar-refractivity contribution < 1.29 is 4.79 Å². The first-order valence-corrected chi connectivity index (χ1v) is 5.14. The van der Waals surface area contributed by atoms with Gasteiger partial charge >= 0.3 is 0 Å². The van der Waals surface area contributed by atoms with Crippen molar-refractivity contribution in [1.82, 2.24) is 10.6 Å². The van der Waals surface area contributed by atoms with E-state index in [0.29, 0.717) is 0 Å². The van der Waals surface area contributed by atoms with Crippen LogP contribution in [0.5, 0.6) is 0 Å². The normalized spacial score (nSPS) is 15.1. The molecule has 3 nitrogen and oxygen atoms in total. The first-order valence-electron chi connectivity index (χ1n) is 5.14. The molecule has 3 heteroatoms. The molecule has 1 amide bonds. The van der Waals surface area contributed by atoms with Gasteiger partial charge in [-0.1, -0.05) is 27.2 Å². The fourth-order valence-electron chi connectivity index (χ4n) is 1.75. The van der Waals surface area contributed by atoms with Gasteiger partial charge in [0.25, 0.3) is 0 Å². The molecule has 2 N–H and O–H groups in total. The van der Waals surface area contributed by atoms with Crippen molar-refractivity contribution in [1.29, 1.82) is 0 Å². The van der Waals surface area contributed by atoms with E-state index in [1.807, 2.05) is 13.8 Å². The Morgan fingerprint density at radius 2 is 1.92 bits per heavy atom. The molecule has 13 heavy (non-hydrogen) atoms. The molecule has 0 spiro atoms. The third-order valence-corrected chi connectivity index (χ3v) is 2.46. The number of nitrogens with one attached hydrogen (secondary N) is 2. The molecule has 0 radical (unpaired) electrons. The highest BCUT2D eigenvalue weighted by Crippen LogP contribution is 2.17. The number of hydrogen-bond acceptors (Lipinski definition) is 2. The molecule has 0 aliphatic carbocycles. The van der Waals surface area contributed by atoms with Gasteiger partial charge in [0.2, 0.25) is 5.91 Å². The fraction of sp³-hybridized carbons (Fsp3) is 0.900. The highest BCUT2D eigenvalue weighted by Gasteiger charge is 2.33. The van der Waals surface area contributed by atoms with Crippen LogP contribution in [0, 0.1) is 0 Å². The molecular weight excluding hydrogens is 164 g/mol. The summed E-state index contributed by atoms with van der Waals surface area (Å²) in [7, 11) is 1.69. The Kier molecular flexibility index (Phi) is 5.71. The highest BCUT2D eigenvalue weighted by atomic mass is 16.2. The number of likely N-dealkylation sites (N-methyl/N-ethyl adjacent to an activating group) is 2. The van der Waals surface area contributed by atoms with Crippen molar-refractivity contribution in [3.05, 3.63) is 0 Å². The first kappa shape index (κ1) is 12.4. The van der Waals surface area contributed by atoms with E-state index in [9.17, 15) is 4.79 Å². The quantitative estimate of drug-likeness (QED) is 0.656. The Hall–Kier alpha value is -0.570. The van der Waals surface area contributed by atoms with Gasteiger partial charge in [0.05, 0.1) is 5.54 Å². The molecular formula is C10H22N2O. The fourth-order valence-corrected chi connectivity index (χ4v) is 1.75. The second-order valence-corrected chi connectivity index (χ2v) is 3.30. The summed E-state index contributed by atoms with van der Waals surface area (Å²) < 4.78 is 0. The lowest BCUT2D eigenvalue weighted by atomic mass is 9.89. The number of amides is 1. The van der Waals surface area contributed by atoms with Crippen LogP contribution < -0.4 is 10.6 Å². The zero-order chi connectivity index (χ0) is 10.3. The van der Waals surface area contributed by atoms with E-state index in [0.717, 1.165) is 25.8 Å². The van der Waals surface area contributed by atoms with Gasteiger partial charge in [-0.3, -0.25) is 4.79 Å². The summed E-state index contributed by atoms with van der Waals surface area (Å²) >= 11 is 0. The van der Waals surface area contributed by atoms with Crippen LogP contribution in [0.4, 0.5) is 0 Å². The van der Waals surface area contributed by atoms with E-state index >= 15 is 0 Å². The standard InChI is InChI=1S/C10H22N2O/c1-5-8-10(6-2,12-7-3)9(13)11-4/h12H,5-8H2,1-4H3,(H,11,13). The maximum atomic E-state index is 11.7. The van der Waals surface area contributed by atoms with Crippen molar-refractivity contribution in [3.8, 4) is 0 Å². The Morgan fingerprint density at radius 1 is 1.31 bits per heavy atom. The number of rotatable bonds is 6. The van der Waals surface area contributed by atoms with E-state index in [1.165, 1.54) is 0 Å². The molecule has 0 aromatic carbocycles. The largest absolute Gasteiger partial charge is 0.358 e. The summed E-state index contributed by atoms with van der Waals surface area (Å²) in [5.41, 5.74) is -0.349. The van der Waals surface area contributed by atoms with E-state index in [2.05, 4.69) is 17.6 Å². The number of hydrogen-bond donors (Lipinski definition) is 2. The lowest BCUT2D eigenvalue weighted by molar-refractivity contribution is -0.127. The van der Waals surface area contributed by atoms with Crippen molar-refractivity contribution in [3.63, 3.8) is 0 Å². The zero-order valence-corrected chi connectivity index (χ0v) is 9.24. The molecule has 1 atom stereocenters. The van der Waals surface area contributed by atoms with Crippen LogP contribution in [0.15, 0.2) is 0 Å². The first-order chi connectivity index (χ1) is 6.16. The molecule has 0 aromatic rings. The molecule has 1 unspecified atom stereocenters. The van der Waals surface area contributed by atoms with Crippen molar-refractivity contribution in [2.24, 2.45) is 0 Å². The Morgan fingerprint density at radius 3 is 2.23 bits per heavy atom. The topological polar surface area (TPSA) is 41.1 Å². The smallest absolute Gasteiger partial charge is 0.240 e. The van der Waals surface area contributed by atoms with Crippen LogP contribution in [0.2, 0.25) is 0 Å².